The highest BCUT2D eigenvalue weighted by Crippen LogP contribution is 2.28. The summed E-state index contributed by atoms with van der Waals surface area (Å²) in [6.07, 6.45) is 0. The van der Waals surface area contributed by atoms with E-state index in [1.807, 2.05) is 6.92 Å². The lowest BCUT2D eigenvalue weighted by atomic mass is 10.0. The van der Waals surface area contributed by atoms with Crippen molar-refractivity contribution in [3.8, 4) is 17.2 Å². The van der Waals surface area contributed by atoms with Crippen molar-refractivity contribution >= 4 is 21.7 Å². The molecule has 0 aliphatic rings. The molecule has 5 heteroatoms. The van der Waals surface area contributed by atoms with Crippen LogP contribution in [0, 0.1) is 0 Å². The summed E-state index contributed by atoms with van der Waals surface area (Å²) in [6, 6.07) is 10.7. The topological polar surface area (TPSA) is 66.8 Å². The molecule has 0 radical (unpaired) electrons. The highest BCUT2D eigenvalue weighted by molar-refractivity contribution is 9.09. The summed E-state index contributed by atoms with van der Waals surface area (Å²) in [6.45, 7) is 2.39. The van der Waals surface area contributed by atoms with Crippen LogP contribution in [0.25, 0.3) is 0 Å². The predicted molar refractivity (Wildman–Crippen MR) is 83.5 cm³/mol. The second kappa shape index (κ2) is 6.63. The number of carbonyl (C=O) groups is 1. The Balaban J connectivity index is 2.25. The van der Waals surface area contributed by atoms with E-state index >= 15 is 0 Å². The summed E-state index contributed by atoms with van der Waals surface area (Å²) < 4.78 is 5.44. The van der Waals surface area contributed by atoms with Gasteiger partial charge in [-0.3, -0.25) is 4.79 Å². The largest absolute Gasteiger partial charge is 0.507 e. The average molecular weight is 351 g/mol. The molecule has 0 saturated heterocycles. The number of halogens is 1. The Morgan fingerprint density at radius 1 is 1.14 bits per heavy atom. The number of benzene rings is 2. The van der Waals surface area contributed by atoms with Crippen molar-refractivity contribution in [1.29, 1.82) is 0 Å². The number of para-hydroxylation sites is 1. The number of hydrogen-bond acceptors (Lipinski definition) is 4. The molecular formula is C16H15BrO4. The molecule has 0 saturated carbocycles. The highest BCUT2D eigenvalue weighted by Gasteiger charge is 2.17. The lowest BCUT2D eigenvalue weighted by Gasteiger charge is -2.10. The molecule has 0 aromatic heterocycles. The maximum Gasteiger partial charge on any atom is 0.200 e. The molecule has 2 N–H and O–H groups in total. The molecule has 4 nitrogen and oxygen atoms in total. The third-order valence-electron chi connectivity index (χ3n) is 2.84. The summed E-state index contributed by atoms with van der Waals surface area (Å²) in [5, 5.41) is 19.7. The number of alkyl halides is 1. The zero-order valence-corrected chi connectivity index (χ0v) is 13.0. The van der Waals surface area contributed by atoms with E-state index in [0.717, 1.165) is 0 Å². The molecule has 0 bridgehead atoms. The minimum absolute atomic E-state index is 0.115. The monoisotopic (exact) mass is 350 g/mol. The van der Waals surface area contributed by atoms with Crippen molar-refractivity contribution in [2.24, 2.45) is 0 Å². The number of hydrogen-bond donors (Lipinski definition) is 2. The SMILES string of the molecule is CC(Br)COc1ccc(C(=O)c2ccccc2O)c(O)c1. The van der Waals surface area contributed by atoms with E-state index in [-0.39, 0.29) is 27.5 Å². The first-order chi connectivity index (χ1) is 9.99. The van der Waals surface area contributed by atoms with Gasteiger partial charge in [0.2, 0.25) is 0 Å². The first-order valence-corrected chi connectivity index (χ1v) is 7.33. The van der Waals surface area contributed by atoms with Gasteiger partial charge in [0, 0.05) is 10.9 Å². The number of phenols is 2. The Morgan fingerprint density at radius 2 is 1.81 bits per heavy atom. The lowest BCUT2D eigenvalue weighted by Crippen LogP contribution is -2.07. The molecule has 2 rings (SSSR count). The fourth-order valence-corrected chi connectivity index (χ4v) is 1.95. The van der Waals surface area contributed by atoms with E-state index < -0.39 is 5.78 Å². The number of phenolic OH excluding ortho intramolecular Hbond substituents is 2. The minimum Gasteiger partial charge on any atom is -0.507 e. The second-order valence-electron chi connectivity index (χ2n) is 4.62. The molecule has 0 aliphatic carbocycles. The van der Waals surface area contributed by atoms with Crippen LogP contribution in [-0.4, -0.2) is 27.4 Å². The van der Waals surface area contributed by atoms with Crippen LogP contribution in [0.1, 0.15) is 22.8 Å². The zero-order valence-electron chi connectivity index (χ0n) is 11.4. The van der Waals surface area contributed by atoms with Crippen molar-refractivity contribution in [3.05, 3.63) is 53.6 Å². The molecule has 110 valence electrons. The maximum absolute atomic E-state index is 12.3. The summed E-state index contributed by atoms with van der Waals surface area (Å²) in [5.74, 6) is -0.253. The van der Waals surface area contributed by atoms with Gasteiger partial charge in [0.05, 0.1) is 11.1 Å². The van der Waals surface area contributed by atoms with Gasteiger partial charge in [0.15, 0.2) is 5.78 Å². The van der Waals surface area contributed by atoms with Crippen molar-refractivity contribution in [2.45, 2.75) is 11.8 Å². The first kappa shape index (κ1) is 15.4. The van der Waals surface area contributed by atoms with Crippen LogP contribution >= 0.6 is 15.9 Å². The highest BCUT2D eigenvalue weighted by atomic mass is 79.9. The summed E-state index contributed by atoms with van der Waals surface area (Å²) in [7, 11) is 0. The van der Waals surface area contributed by atoms with Gasteiger partial charge in [0.1, 0.15) is 23.9 Å². The Morgan fingerprint density at radius 3 is 2.43 bits per heavy atom. The number of ketones is 1. The minimum atomic E-state index is -0.439. The van der Waals surface area contributed by atoms with Gasteiger partial charge in [-0.05, 0) is 31.2 Å². The lowest BCUT2D eigenvalue weighted by molar-refractivity contribution is 0.103. The van der Waals surface area contributed by atoms with E-state index in [9.17, 15) is 15.0 Å². The predicted octanol–water partition coefficient (Wildman–Crippen LogP) is 3.49. The van der Waals surface area contributed by atoms with Crippen LogP contribution in [0.4, 0.5) is 0 Å². The van der Waals surface area contributed by atoms with Gasteiger partial charge < -0.3 is 14.9 Å². The average Bonchev–Trinajstić information content (AvgIpc) is 2.45. The van der Waals surface area contributed by atoms with Gasteiger partial charge in [-0.1, -0.05) is 28.1 Å². The molecular weight excluding hydrogens is 336 g/mol. The van der Waals surface area contributed by atoms with E-state index in [2.05, 4.69) is 15.9 Å². The van der Waals surface area contributed by atoms with E-state index in [4.69, 9.17) is 4.74 Å². The number of aromatic hydroxyl groups is 2. The molecule has 1 atom stereocenters. The quantitative estimate of drug-likeness (QED) is 0.639. The maximum atomic E-state index is 12.3. The first-order valence-electron chi connectivity index (χ1n) is 6.41. The van der Waals surface area contributed by atoms with Crippen LogP contribution in [0.3, 0.4) is 0 Å². The van der Waals surface area contributed by atoms with E-state index in [1.165, 1.54) is 24.3 Å². The molecule has 0 spiro atoms. The standard InChI is InChI=1S/C16H15BrO4/c1-10(17)9-21-11-6-7-13(15(19)8-11)16(20)12-4-2-3-5-14(12)18/h2-8,10,18-19H,9H2,1H3. The molecule has 1 unspecified atom stereocenters. The Labute approximate surface area is 131 Å². The van der Waals surface area contributed by atoms with Crippen LogP contribution in [0.15, 0.2) is 42.5 Å². The molecule has 0 fully saturated rings. The van der Waals surface area contributed by atoms with Crippen LogP contribution in [-0.2, 0) is 0 Å². The molecule has 0 aliphatic heterocycles. The second-order valence-corrected chi connectivity index (χ2v) is 6.18. The number of rotatable bonds is 5. The van der Waals surface area contributed by atoms with E-state index in [0.29, 0.717) is 12.4 Å². The smallest absolute Gasteiger partial charge is 0.200 e. The number of carbonyl (C=O) groups excluding carboxylic acids is 1. The third-order valence-corrected chi connectivity index (χ3v) is 3.11. The van der Waals surface area contributed by atoms with Crippen LogP contribution in [0.5, 0.6) is 17.2 Å². The van der Waals surface area contributed by atoms with Gasteiger partial charge >= 0.3 is 0 Å². The number of ether oxygens (including phenoxy) is 1. The molecule has 0 amide bonds. The van der Waals surface area contributed by atoms with Gasteiger partial charge in [-0.15, -0.1) is 0 Å². The molecule has 21 heavy (non-hydrogen) atoms. The fourth-order valence-electron chi connectivity index (χ4n) is 1.82. The fraction of sp³-hybridized carbons (Fsp3) is 0.188. The third kappa shape index (κ3) is 3.76. The van der Waals surface area contributed by atoms with Crippen molar-refractivity contribution in [1.82, 2.24) is 0 Å². The Bertz CT molecular complexity index is 652. The van der Waals surface area contributed by atoms with Crippen LogP contribution < -0.4 is 4.74 Å². The van der Waals surface area contributed by atoms with Gasteiger partial charge in [-0.2, -0.15) is 0 Å². The summed E-state index contributed by atoms with van der Waals surface area (Å²) in [5.41, 5.74) is 0.270. The Kier molecular flexibility index (Phi) is 4.85. The molecule has 0 heterocycles. The molecule has 2 aromatic carbocycles. The van der Waals surface area contributed by atoms with Gasteiger partial charge in [0.25, 0.3) is 0 Å². The van der Waals surface area contributed by atoms with E-state index in [1.54, 1.807) is 18.2 Å². The summed E-state index contributed by atoms with van der Waals surface area (Å²) >= 11 is 3.36. The summed E-state index contributed by atoms with van der Waals surface area (Å²) in [4.78, 5) is 12.5. The normalized spacial score (nSPS) is 11.9. The zero-order chi connectivity index (χ0) is 15.4. The van der Waals surface area contributed by atoms with Crippen molar-refractivity contribution < 1.29 is 19.7 Å². The van der Waals surface area contributed by atoms with Gasteiger partial charge in [-0.25, -0.2) is 0 Å². The van der Waals surface area contributed by atoms with Crippen molar-refractivity contribution in [2.75, 3.05) is 6.61 Å². The Hall–Kier alpha value is -2.01. The van der Waals surface area contributed by atoms with Crippen LogP contribution in [0.2, 0.25) is 0 Å². The van der Waals surface area contributed by atoms with Crippen molar-refractivity contribution in [3.63, 3.8) is 0 Å². The molecule has 2 aromatic rings.